The molecule has 0 radical (unpaired) electrons. The lowest BCUT2D eigenvalue weighted by molar-refractivity contribution is 0.0657. The number of hydrogen-bond donors (Lipinski definition) is 1. The molecule has 1 unspecified atom stereocenters. The molecule has 1 heterocycles. The van der Waals surface area contributed by atoms with Gasteiger partial charge >= 0.3 is 0 Å². The second-order valence-electron chi connectivity index (χ2n) is 4.90. The maximum atomic E-state index is 10.2. The molecule has 2 aromatic carbocycles. The summed E-state index contributed by atoms with van der Waals surface area (Å²) in [5, 5.41) is 10.2. The van der Waals surface area contributed by atoms with E-state index in [9.17, 15) is 5.11 Å². The van der Waals surface area contributed by atoms with Crippen LogP contribution in [0.2, 0.25) is 0 Å². The minimum Gasteiger partial charge on any atom is -0.494 e. The fourth-order valence-corrected chi connectivity index (χ4v) is 2.54. The van der Waals surface area contributed by atoms with Crippen LogP contribution in [0.1, 0.15) is 36.7 Å². The Hall–Kier alpha value is -2.00. The topological polar surface area (TPSA) is 38.7 Å². The number of benzene rings is 2. The van der Waals surface area contributed by atoms with Crippen LogP contribution in [0.5, 0.6) is 11.5 Å². The van der Waals surface area contributed by atoms with Crippen molar-refractivity contribution in [3.63, 3.8) is 0 Å². The minimum absolute atomic E-state index is 0.115. The second-order valence-corrected chi connectivity index (χ2v) is 4.90. The van der Waals surface area contributed by atoms with Crippen LogP contribution in [0, 0.1) is 0 Å². The average molecular weight is 270 g/mol. The smallest absolute Gasteiger partial charge is 0.127 e. The highest BCUT2D eigenvalue weighted by Crippen LogP contribution is 2.40. The quantitative estimate of drug-likeness (QED) is 0.925. The van der Waals surface area contributed by atoms with Crippen molar-refractivity contribution in [1.82, 2.24) is 0 Å². The van der Waals surface area contributed by atoms with Gasteiger partial charge in [-0.1, -0.05) is 30.3 Å². The molecular formula is C17H18O3. The Morgan fingerprint density at radius 2 is 1.90 bits per heavy atom. The second kappa shape index (κ2) is 5.55. The lowest BCUT2D eigenvalue weighted by Crippen LogP contribution is -2.18. The predicted octanol–water partition coefficient (Wildman–Crippen LogP) is 3.64. The summed E-state index contributed by atoms with van der Waals surface area (Å²) in [5.74, 6) is 1.62. The molecule has 1 aliphatic rings. The molecule has 0 saturated carbocycles. The first-order valence-electron chi connectivity index (χ1n) is 6.94. The summed E-state index contributed by atoms with van der Waals surface area (Å²) in [6.45, 7) is 2.62. The summed E-state index contributed by atoms with van der Waals surface area (Å²) in [6.07, 6.45) is -0.0163. The van der Waals surface area contributed by atoms with Gasteiger partial charge in [0.15, 0.2) is 0 Å². The van der Waals surface area contributed by atoms with E-state index >= 15 is 0 Å². The molecule has 0 bridgehead atoms. The largest absolute Gasteiger partial charge is 0.494 e. The maximum absolute atomic E-state index is 10.2. The van der Waals surface area contributed by atoms with Crippen LogP contribution in [-0.2, 0) is 0 Å². The maximum Gasteiger partial charge on any atom is 0.127 e. The van der Waals surface area contributed by atoms with Crippen LogP contribution in [0.3, 0.4) is 0 Å². The zero-order valence-electron chi connectivity index (χ0n) is 11.5. The van der Waals surface area contributed by atoms with Crippen molar-refractivity contribution < 1.29 is 14.6 Å². The van der Waals surface area contributed by atoms with Gasteiger partial charge in [0.2, 0.25) is 0 Å². The SMILES string of the molecule is CCOc1ccc(C2C[C@H](O)c3ccccc3O2)cc1. The molecule has 0 amide bonds. The third-order valence-corrected chi connectivity index (χ3v) is 3.55. The van der Waals surface area contributed by atoms with Crippen molar-refractivity contribution in [2.75, 3.05) is 6.61 Å². The molecule has 0 aromatic heterocycles. The van der Waals surface area contributed by atoms with Crippen LogP contribution < -0.4 is 9.47 Å². The Labute approximate surface area is 118 Å². The third kappa shape index (κ3) is 2.49. The Kier molecular flexibility index (Phi) is 3.61. The van der Waals surface area contributed by atoms with E-state index in [1.807, 2.05) is 55.5 Å². The van der Waals surface area contributed by atoms with Gasteiger partial charge in [0.25, 0.3) is 0 Å². The highest BCUT2D eigenvalue weighted by atomic mass is 16.5. The summed E-state index contributed by atoms with van der Waals surface area (Å²) < 4.78 is 11.4. The molecule has 2 atom stereocenters. The first-order chi connectivity index (χ1) is 9.78. The van der Waals surface area contributed by atoms with Crippen LogP contribution in [0.25, 0.3) is 0 Å². The molecular weight excluding hydrogens is 252 g/mol. The van der Waals surface area contributed by atoms with E-state index in [0.29, 0.717) is 13.0 Å². The van der Waals surface area contributed by atoms with Gasteiger partial charge < -0.3 is 14.6 Å². The highest BCUT2D eigenvalue weighted by Gasteiger charge is 2.27. The Morgan fingerprint density at radius 1 is 1.15 bits per heavy atom. The van der Waals surface area contributed by atoms with E-state index in [4.69, 9.17) is 9.47 Å². The average Bonchev–Trinajstić information content (AvgIpc) is 2.48. The normalized spacial score (nSPS) is 20.9. The van der Waals surface area contributed by atoms with E-state index in [-0.39, 0.29) is 6.10 Å². The molecule has 104 valence electrons. The molecule has 0 saturated heterocycles. The molecule has 2 aromatic rings. The van der Waals surface area contributed by atoms with Gasteiger partial charge in [0, 0.05) is 12.0 Å². The lowest BCUT2D eigenvalue weighted by Gasteiger charge is -2.29. The van der Waals surface area contributed by atoms with Crippen molar-refractivity contribution in [2.24, 2.45) is 0 Å². The van der Waals surface area contributed by atoms with E-state index in [1.165, 1.54) is 0 Å². The summed E-state index contributed by atoms with van der Waals surface area (Å²) in [4.78, 5) is 0. The van der Waals surface area contributed by atoms with Crippen molar-refractivity contribution in [2.45, 2.75) is 25.6 Å². The van der Waals surface area contributed by atoms with Crippen LogP contribution in [0.4, 0.5) is 0 Å². The summed E-state index contributed by atoms with van der Waals surface area (Å²) in [6, 6.07) is 15.5. The van der Waals surface area contributed by atoms with Gasteiger partial charge in [-0.05, 0) is 30.7 Å². The monoisotopic (exact) mass is 270 g/mol. The third-order valence-electron chi connectivity index (χ3n) is 3.55. The van der Waals surface area contributed by atoms with Crippen molar-refractivity contribution >= 4 is 0 Å². The molecule has 0 fully saturated rings. The van der Waals surface area contributed by atoms with E-state index < -0.39 is 6.10 Å². The molecule has 20 heavy (non-hydrogen) atoms. The molecule has 1 aliphatic heterocycles. The Bertz CT molecular complexity index is 577. The van der Waals surface area contributed by atoms with E-state index in [1.54, 1.807) is 0 Å². The number of aliphatic hydroxyl groups is 1. The summed E-state index contributed by atoms with van der Waals surface area (Å²) >= 11 is 0. The Balaban J connectivity index is 1.82. The highest BCUT2D eigenvalue weighted by molar-refractivity contribution is 5.39. The van der Waals surface area contributed by atoms with Crippen molar-refractivity contribution in [1.29, 1.82) is 0 Å². The zero-order chi connectivity index (χ0) is 13.9. The van der Waals surface area contributed by atoms with E-state index in [2.05, 4.69) is 0 Å². The minimum atomic E-state index is -0.475. The zero-order valence-corrected chi connectivity index (χ0v) is 11.5. The first-order valence-corrected chi connectivity index (χ1v) is 6.94. The predicted molar refractivity (Wildman–Crippen MR) is 77.0 cm³/mol. The molecule has 3 rings (SSSR count). The van der Waals surface area contributed by atoms with E-state index in [0.717, 1.165) is 22.6 Å². The fourth-order valence-electron chi connectivity index (χ4n) is 2.54. The number of para-hydroxylation sites is 1. The molecule has 0 spiro atoms. The number of rotatable bonds is 3. The van der Waals surface area contributed by atoms with Gasteiger partial charge in [-0.25, -0.2) is 0 Å². The van der Waals surface area contributed by atoms with Gasteiger partial charge in [-0.3, -0.25) is 0 Å². The van der Waals surface area contributed by atoms with Crippen LogP contribution >= 0.6 is 0 Å². The molecule has 1 N–H and O–H groups in total. The van der Waals surface area contributed by atoms with Crippen molar-refractivity contribution in [3.8, 4) is 11.5 Å². The van der Waals surface area contributed by atoms with Crippen molar-refractivity contribution in [3.05, 3.63) is 59.7 Å². The number of hydrogen-bond acceptors (Lipinski definition) is 3. The number of aliphatic hydroxyl groups excluding tert-OH is 1. The van der Waals surface area contributed by atoms with Gasteiger partial charge in [0.1, 0.15) is 17.6 Å². The molecule has 3 heteroatoms. The van der Waals surface area contributed by atoms with Crippen LogP contribution in [0.15, 0.2) is 48.5 Å². The number of ether oxygens (including phenoxy) is 2. The van der Waals surface area contributed by atoms with Gasteiger partial charge in [-0.15, -0.1) is 0 Å². The number of fused-ring (bicyclic) bond motifs is 1. The van der Waals surface area contributed by atoms with Crippen LogP contribution in [-0.4, -0.2) is 11.7 Å². The van der Waals surface area contributed by atoms with Gasteiger partial charge in [0.05, 0.1) is 12.7 Å². The fraction of sp³-hybridized carbons (Fsp3) is 0.294. The molecule has 3 nitrogen and oxygen atoms in total. The molecule has 0 aliphatic carbocycles. The lowest BCUT2D eigenvalue weighted by atomic mass is 9.95. The van der Waals surface area contributed by atoms with Gasteiger partial charge in [-0.2, -0.15) is 0 Å². The standard InChI is InChI=1S/C17H18O3/c1-2-19-13-9-7-12(8-10-13)17-11-15(18)14-5-3-4-6-16(14)20-17/h3-10,15,17-18H,2,11H2,1H3/t15-,17?/m0/s1. The summed E-state index contributed by atoms with van der Waals surface area (Å²) in [7, 11) is 0. The first kappa shape index (κ1) is 13.0. The summed E-state index contributed by atoms with van der Waals surface area (Å²) in [5.41, 5.74) is 1.93. The Morgan fingerprint density at radius 3 is 2.65 bits per heavy atom.